The number of hydrogen-bond donors (Lipinski definition) is 0. The molecule has 0 N–H and O–H groups in total. The molecule has 0 nitrogen and oxygen atoms in total. The van der Waals surface area contributed by atoms with Crippen LogP contribution in [-0.4, -0.2) is 0 Å². The van der Waals surface area contributed by atoms with Crippen molar-refractivity contribution in [1.82, 2.24) is 0 Å². The van der Waals surface area contributed by atoms with Crippen molar-refractivity contribution < 1.29 is 0 Å². The van der Waals surface area contributed by atoms with Crippen molar-refractivity contribution in [3.05, 3.63) is 105 Å². The van der Waals surface area contributed by atoms with Crippen LogP contribution in [0.25, 0.3) is 23.3 Å². The quantitative estimate of drug-likeness (QED) is 0.461. The first-order chi connectivity index (χ1) is 12.3. The summed E-state index contributed by atoms with van der Waals surface area (Å²) in [4.78, 5) is 0. The fourth-order valence-corrected chi connectivity index (χ4v) is 4.28. The summed E-state index contributed by atoms with van der Waals surface area (Å²) in [6.45, 7) is 0. The molecule has 0 saturated carbocycles. The van der Waals surface area contributed by atoms with Gasteiger partial charge in [-0.3, -0.25) is 0 Å². The maximum Gasteiger partial charge on any atom is 0.0178 e. The lowest BCUT2D eigenvalue weighted by Gasteiger charge is -2.05. The van der Waals surface area contributed by atoms with Gasteiger partial charge in [0.1, 0.15) is 0 Å². The van der Waals surface area contributed by atoms with E-state index in [2.05, 4.69) is 94.8 Å². The molecule has 3 aromatic rings. The van der Waals surface area contributed by atoms with Crippen molar-refractivity contribution in [2.75, 3.05) is 0 Å². The molecule has 0 bridgehead atoms. The number of rotatable bonds is 2. The van der Waals surface area contributed by atoms with E-state index in [-0.39, 0.29) is 0 Å². The van der Waals surface area contributed by atoms with Crippen molar-refractivity contribution in [2.24, 2.45) is 0 Å². The van der Waals surface area contributed by atoms with Crippen LogP contribution in [-0.2, 0) is 12.8 Å². The maximum atomic E-state index is 3.58. The Balaban J connectivity index is 1.47. The second kappa shape index (κ2) is 5.86. The number of allylic oxidation sites excluding steroid dienone is 2. The average Bonchev–Trinajstić information content (AvgIpc) is 3.25. The van der Waals surface area contributed by atoms with Crippen LogP contribution in [0, 0.1) is 0 Å². The summed E-state index contributed by atoms with van der Waals surface area (Å²) in [5.74, 6) is 0. The Hall–Kier alpha value is -2.38. The third kappa shape index (κ3) is 2.69. The van der Waals surface area contributed by atoms with Crippen molar-refractivity contribution in [3.63, 3.8) is 0 Å². The lowest BCUT2D eigenvalue weighted by Crippen LogP contribution is -1.91. The van der Waals surface area contributed by atoms with Gasteiger partial charge in [0.25, 0.3) is 0 Å². The second-order valence-corrected chi connectivity index (χ2v) is 7.73. The standard InChI is InChI=1S/C24H17Br/c25-24-9-8-19-12-22(14-23(19)15-24)21-11-18-7-6-17(10-20(18)13-21)16-4-2-1-3-5-16/h1-10,12-13,15H,11,14H2. The first kappa shape index (κ1) is 14.9. The molecule has 0 radical (unpaired) electrons. The van der Waals surface area contributed by atoms with Gasteiger partial charge in [0.05, 0.1) is 0 Å². The van der Waals surface area contributed by atoms with Crippen LogP contribution in [0.1, 0.15) is 22.3 Å². The van der Waals surface area contributed by atoms with E-state index in [4.69, 9.17) is 0 Å². The maximum absolute atomic E-state index is 3.58. The summed E-state index contributed by atoms with van der Waals surface area (Å²) >= 11 is 3.58. The highest BCUT2D eigenvalue weighted by atomic mass is 79.9. The Kier molecular flexibility index (Phi) is 3.50. The van der Waals surface area contributed by atoms with Gasteiger partial charge in [-0.1, -0.05) is 76.6 Å². The molecule has 120 valence electrons. The Bertz CT molecular complexity index is 1040. The van der Waals surface area contributed by atoms with Crippen LogP contribution in [0.15, 0.2) is 82.3 Å². The molecule has 0 atom stereocenters. The zero-order chi connectivity index (χ0) is 16.8. The largest absolute Gasteiger partial charge is 0.0622 e. The predicted molar refractivity (Wildman–Crippen MR) is 109 cm³/mol. The second-order valence-electron chi connectivity index (χ2n) is 6.82. The summed E-state index contributed by atoms with van der Waals surface area (Å²) in [6, 6.07) is 24.1. The van der Waals surface area contributed by atoms with Gasteiger partial charge in [-0.15, -0.1) is 0 Å². The van der Waals surface area contributed by atoms with Gasteiger partial charge in [-0.05, 0) is 75.6 Å². The van der Waals surface area contributed by atoms with E-state index in [0.717, 1.165) is 17.3 Å². The zero-order valence-corrected chi connectivity index (χ0v) is 15.4. The Morgan fingerprint density at radius 2 is 1.36 bits per heavy atom. The van der Waals surface area contributed by atoms with Crippen LogP contribution >= 0.6 is 15.9 Å². The first-order valence-corrected chi connectivity index (χ1v) is 9.44. The molecule has 1 heteroatoms. The van der Waals surface area contributed by atoms with Gasteiger partial charge in [-0.2, -0.15) is 0 Å². The molecule has 0 saturated heterocycles. The summed E-state index contributed by atoms with van der Waals surface area (Å²) in [7, 11) is 0. The van der Waals surface area contributed by atoms with Crippen molar-refractivity contribution in [2.45, 2.75) is 12.8 Å². The molecule has 0 spiro atoms. The molecule has 25 heavy (non-hydrogen) atoms. The third-order valence-corrected chi connectivity index (χ3v) is 5.68. The number of halogens is 1. The number of benzene rings is 3. The predicted octanol–water partition coefficient (Wildman–Crippen LogP) is 6.70. The minimum Gasteiger partial charge on any atom is -0.0622 e. The molecule has 0 aromatic heterocycles. The van der Waals surface area contributed by atoms with Crippen molar-refractivity contribution >= 4 is 28.1 Å². The summed E-state index contributed by atoms with van der Waals surface area (Å²) in [5.41, 5.74) is 11.1. The Morgan fingerprint density at radius 3 is 2.20 bits per heavy atom. The monoisotopic (exact) mass is 384 g/mol. The lowest BCUT2D eigenvalue weighted by molar-refractivity contribution is 1.13. The van der Waals surface area contributed by atoms with Gasteiger partial charge < -0.3 is 0 Å². The Morgan fingerprint density at radius 1 is 0.600 bits per heavy atom. The van der Waals surface area contributed by atoms with Crippen LogP contribution in [0.3, 0.4) is 0 Å². The highest BCUT2D eigenvalue weighted by Gasteiger charge is 2.21. The lowest BCUT2D eigenvalue weighted by atomic mass is 10.00. The first-order valence-electron chi connectivity index (χ1n) is 8.64. The molecule has 5 rings (SSSR count). The van der Waals surface area contributed by atoms with Crippen LogP contribution in [0.5, 0.6) is 0 Å². The minimum atomic E-state index is 1.04. The van der Waals surface area contributed by atoms with E-state index >= 15 is 0 Å². The van der Waals surface area contributed by atoms with E-state index in [9.17, 15) is 0 Å². The van der Waals surface area contributed by atoms with Gasteiger partial charge >= 0.3 is 0 Å². The van der Waals surface area contributed by atoms with Crippen molar-refractivity contribution in [1.29, 1.82) is 0 Å². The third-order valence-electron chi connectivity index (χ3n) is 5.19. The minimum absolute atomic E-state index is 1.04. The molecule has 0 unspecified atom stereocenters. The number of hydrogen-bond acceptors (Lipinski definition) is 0. The summed E-state index contributed by atoms with van der Waals surface area (Å²) in [6.07, 6.45) is 6.83. The van der Waals surface area contributed by atoms with Crippen LogP contribution in [0.4, 0.5) is 0 Å². The molecule has 0 heterocycles. The normalized spacial score (nSPS) is 14.8. The highest BCUT2D eigenvalue weighted by molar-refractivity contribution is 9.10. The molecule has 3 aromatic carbocycles. The van der Waals surface area contributed by atoms with Gasteiger partial charge in [-0.25, -0.2) is 0 Å². The van der Waals surface area contributed by atoms with Crippen LogP contribution in [0.2, 0.25) is 0 Å². The molecule has 2 aliphatic rings. The molecule has 0 amide bonds. The fourth-order valence-electron chi connectivity index (χ4n) is 3.87. The van der Waals surface area contributed by atoms with Gasteiger partial charge in [0.2, 0.25) is 0 Å². The average molecular weight is 385 g/mol. The van der Waals surface area contributed by atoms with E-state index < -0.39 is 0 Å². The van der Waals surface area contributed by atoms with E-state index in [1.165, 1.54) is 44.5 Å². The smallest absolute Gasteiger partial charge is 0.0178 e. The van der Waals surface area contributed by atoms with Gasteiger partial charge in [0, 0.05) is 4.47 Å². The Labute approximate surface area is 156 Å². The van der Waals surface area contributed by atoms with Crippen LogP contribution < -0.4 is 0 Å². The molecular formula is C24H17Br. The van der Waals surface area contributed by atoms with Crippen molar-refractivity contribution in [3.8, 4) is 11.1 Å². The van der Waals surface area contributed by atoms with E-state index in [1.807, 2.05) is 0 Å². The zero-order valence-electron chi connectivity index (χ0n) is 13.8. The summed E-state index contributed by atoms with van der Waals surface area (Å²) in [5, 5.41) is 0. The SMILES string of the molecule is Brc1ccc2c(c1)CC(C1=Cc3cc(-c4ccccc4)ccc3C1)=C2. The van der Waals surface area contributed by atoms with Gasteiger partial charge in [0.15, 0.2) is 0 Å². The molecule has 0 aliphatic heterocycles. The number of fused-ring (bicyclic) bond motifs is 2. The van der Waals surface area contributed by atoms with E-state index in [1.54, 1.807) is 0 Å². The fraction of sp³-hybridized carbons (Fsp3) is 0.0833. The highest BCUT2D eigenvalue weighted by Crippen LogP contribution is 2.38. The molecule has 0 fully saturated rings. The summed E-state index contributed by atoms with van der Waals surface area (Å²) < 4.78 is 1.16. The van der Waals surface area contributed by atoms with E-state index in [0.29, 0.717) is 0 Å². The topological polar surface area (TPSA) is 0 Å². The molecular weight excluding hydrogens is 368 g/mol. The molecule has 2 aliphatic carbocycles.